The van der Waals surface area contributed by atoms with E-state index in [0.29, 0.717) is 11.8 Å². The third-order valence-electron chi connectivity index (χ3n) is 5.24. The van der Waals surface area contributed by atoms with Gasteiger partial charge in [0.2, 0.25) is 0 Å². The largest absolute Gasteiger partial charge is 0.392 e. The van der Waals surface area contributed by atoms with Gasteiger partial charge in [-0.25, -0.2) is 0 Å². The Kier molecular flexibility index (Phi) is 3.89. The van der Waals surface area contributed by atoms with Gasteiger partial charge in [-0.3, -0.25) is 0 Å². The molecule has 4 bridgehead atoms. The molecule has 104 valence electrons. The Hall–Kier alpha value is -0.160. The lowest BCUT2D eigenvalue weighted by Crippen LogP contribution is -2.50. The summed E-state index contributed by atoms with van der Waals surface area (Å²) in [4.78, 5) is 4.70. The van der Waals surface area contributed by atoms with Crippen LogP contribution in [0.3, 0.4) is 0 Å². The fourth-order valence-electron chi connectivity index (χ4n) is 3.87. The van der Waals surface area contributed by atoms with Crippen LogP contribution in [0.15, 0.2) is 0 Å². The molecule has 4 nitrogen and oxygen atoms in total. The first-order valence-corrected chi connectivity index (χ1v) is 7.53. The highest BCUT2D eigenvalue weighted by Crippen LogP contribution is 2.27. The normalized spacial score (nSPS) is 49.7. The van der Waals surface area contributed by atoms with Crippen molar-refractivity contribution in [1.82, 2.24) is 9.80 Å². The molecule has 6 heterocycles. The molecule has 4 heteroatoms. The van der Waals surface area contributed by atoms with Crippen LogP contribution in [0, 0.1) is 11.8 Å². The van der Waals surface area contributed by atoms with Crippen LogP contribution in [-0.2, 0) is 0 Å². The first-order valence-electron chi connectivity index (χ1n) is 7.53. The number of hydrogen-bond acceptors (Lipinski definition) is 4. The maximum absolute atomic E-state index is 9.36. The van der Waals surface area contributed by atoms with Crippen molar-refractivity contribution >= 4 is 0 Å². The van der Waals surface area contributed by atoms with Crippen molar-refractivity contribution in [3.63, 3.8) is 0 Å². The van der Waals surface area contributed by atoms with E-state index in [1.165, 1.54) is 51.9 Å². The lowest BCUT2D eigenvalue weighted by Gasteiger charge is -2.42. The summed E-state index contributed by atoms with van der Waals surface area (Å²) in [7, 11) is 0. The van der Waals surface area contributed by atoms with Crippen molar-refractivity contribution in [3.8, 4) is 0 Å². The zero-order valence-corrected chi connectivity index (χ0v) is 11.2. The topological polar surface area (TPSA) is 46.9 Å². The van der Waals surface area contributed by atoms with E-state index >= 15 is 0 Å². The van der Waals surface area contributed by atoms with E-state index in [1.54, 1.807) is 0 Å². The molecule has 0 unspecified atom stereocenters. The molecule has 0 amide bonds. The molecule has 6 aliphatic heterocycles. The molecule has 6 saturated heterocycles. The lowest BCUT2D eigenvalue weighted by molar-refractivity contribution is -0.0228. The van der Waals surface area contributed by atoms with E-state index in [2.05, 4.69) is 9.80 Å². The van der Waals surface area contributed by atoms with E-state index in [9.17, 15) is 10.2 Å². The molecule has 0 saturated carbocycles. The number of rotatable bonds is 0. The van der Waals surface area contributed by atoms with Gasteiger partial charge in [-0.2, -0.15) is 0 Å². The summed E-state index contributed by atoms with van der Waals surface area (Å²) in [5, 5.41) is 18.7. The molecule has 2 atom stereocenters. The van der Waals surface area contributed by atoms with Gasteiger partial charge >= 0.3 is 0 Å². The second kappa shape index (κ2) is 5.45. The Balaban J connectivity index is 0.000000111. The molecule has 2 N–H and O–H groups in total. The minimum atomic E-state index is -0.00694. The second-order valence-electron chi connectivity index (χ2n) is 6.41. The van der Waals surface area contributed by atoms with Crippen LogP contribution in [0.25, 0.3) is 0 Å². The lowest BCUT2D eigenvalue weighted by atomic mass is 9.86. The van der Waals surface area contributed by atoms with Gasteiger partial charge in [0.1, 0.15) is 0 Å². The molecule has 0 aromatic rings. The zero-order chi connectivity index (χ0) is 12.5. The van der Waals surface area contributed by atoms with Gasteiger partial charge in [-0.05, 0) is 63.7 Å². The third kappa shape index (κ3) is 2.72. The Morgan fingerprint density at radius 2 is 0.944 bits per heavy atom. The van der Waals surface area contributed by atoms with Crippen LogP contribution >= 0.6 is 0 Å². The molecular weight excluding hydrogens is 228 g/mol. The predicted molar refractivity (Wildman–Crippen MR) is 70.3 cm³/mol. The van der Waals surface area contributed by atoms with Crippen molar-refractivity contribution in [2.75, 3.05) is 39.3 Å². The van der Waals surface area contributed by atoms with Crippen LogP contribution < -0.4 is 0 Å². The average Bonchev–Trinajstić information content (AvgIpc) is 2.41. The summed E-state index contributed by atoms with van der Waals surface area (Å²) >= 11 is 0. The van der Waals surface area contributed by atoms with Crippen LogP contribution in [0.5, 0.6) is 0 Å². The number of nitrogens with zero attached hydrogens (tertiary/aromatic N) is 2. The second-order valence-corrected chi connectivity index (χ2v) is 6.41. The number of hydrogen-bond donors (Lipinski definition) is 2. The standard InChI is InChI=1S/2C7H13NO/c2*9-7-5-8-3-1-6(7)2-4-8/h2*6-7,9H,1-5H2/t2*7-/m00/s1. The van der Waals surface area contributed by atoms with Crippen molar-refractivity contribution < 1.29 is 10.2 Å². The third-order valence-corrected chi connectivity index (χ3v) is 5.24. The molecule has 0 aromatic carbocycles. The monoisotopic (exact) mass is 254 g/mol. The Labute approximate surface area is 110 Å². The number of aliphatic hydroxyl groups is 2. The first-order chi connectivity index (χ1) is 8.72. The Bertz CT molecular complexity index is 243. The molecule has 6 rings (SSSR count). The molecule has 6 aliphatic rings. The average molecular weight is 254 g/mol. The van der Waals surface area contributed by atoms with Gasteiger partial charge in [0.15, 0.2) is 0 Å². The highest BCUT2D eigenvalue weighted by atomic mass is 16.3. The molecule has 6 fully saturated rings. The van der Waals surface area contributed by atoms with E-state index < -0.39 is 0 Å². The summed E-state index contributed by atoms with van der Waals surface area (Å²) in [6, 6.07) is 0. The highest BCUT2D eigenvalue weighted by Gasteiger charge is 2.33. The van der Waals surface area contributed by atoms with E-state index in [-0.39, 0.29) is 12.2 Å². The highest BCUT2D eigenvalue weighted by molar-refractivity contribution is 4.86. The van der Waals surface area contributed by atoms with Gasteiger partial charge < -0.3 is 20.0 Å². The van der Waals surface area contributed by atoms with Gasteiger partial charge in [-0.1, -0.05) is 0 Å². The summed E-state index contributed by atoms with van der Waals surface area (Å²) in [6.07, 6.45) is 4.88. The number of aliphatic hydroxyl groups excluding tert-OH is 2. The number of piperidine rings is 6. The SMILES string of the molecule is O[C@H]1CN2CCC1CC2.O[C@H]1CN2CCC1CC2. The van der Waals surface area contributed by atoms with Crippen molar-refractivity contribution in [2.24, 2.45) is 11.8 Å². The Morgan fingerprint density at radius 1 is 0.611 bits per heavy atom. The molecule has 0 spiro atoms. The Morgan fingerprint density at radius 3 is 1.06 bits per heavy atom. The summed E-state index contributed by atoms with van der Waals surface area (Å²) in [5.41, 5.74) is 0. The quantitative estimate of drug-likeness (QED) is 0.646. The van der Waals surface area contributed by atoms with E-state index in [0.717, 1.165) is 13.1 Å². The fraction of sp³-hybridized carbons (Fsp3) is 1.00. The van der Waals surface area contributed by atoms with Gasteiger partial charge in [-0.15, -0.1) is 0 Å². The van der Waals surface area contributed by atoms with Crippen LogP contribution in [-0.4, -0.2) is 71.5 Å². The molecule has 0 aliphatic carbocycles. The van der Waals surface area contributed by atoms with E-state index in [4.69, 9.17) is 0 Å². The van der Waals surface area contributed by atoms with Crippen LogP contribution in [0.2, 0.25) is 0 Å². The summed E-state index contributed by atoms with van der Waals surface area (Å²) in [6.45, 7) is 6.77. The van der Waals surface area contributed by atoms with Crippen LogP contribution in [0.4, 0.5) is 0 Å². The molecule has 0 radical (unpaired) electrons. The zero-order valence-electron chi connectivity index (χ0n) is 11.2. The minimum absolute atomic E-state index is 0.00694. The maximum Gasteiger partial charge on any atom is 0.0696 e. The first kappa shape index (κ1) is 12.9. The minimum Gasteiger partial charge on any atom is -0.392 e. The van der Waals surface area contributed by atoms with Gasteiger partial charge in [0, 0.05) is 13.1 Å². The van der Waals surface area contributed by atoms with Crippen molar-refractivity contribution in [3.05, 3.63) is 0 Å². The predicted octanol–water partition coefficient (Wildman–Crippen LogP) is 0.146. The molecule has 0 aromatic heterocycles. The maximum atomic E-state index is 9.36. The molecule has 18 heavy (non-hydrogen) atoms. The van der Waals surface area contributed by atoms with E-state index in [1.807, 2.05) is 0 Å². The fourth-order valence-corrected chi connectivity index (χ4v) is 3.87. The van der Waals surface area contributed by atoms with Crippen molar-refractivity contribution in [1.29, 1.82) is 0 Å². The number of fused-ring (bicyclic) bond motifs is 6. The van der Waals surface area contributed by atoms with Gasteiger partial charge in [0.05, 0.1) is 12.2 Å². The summed E-state index contributed by atoms with van der Waals surface area (Å²) < 4.78 is 0. The summed E-state index contributed by atoms with van der Waals surface area (Å²) in [5.74, 6) is 1.27. The smallest absolute Gasteiger partial charge is 0.0696 e. The van der Waals surface area contributed by atoms with Crippen molar-refractivity contribution in [2.45, 2.75) is 37.9 Å². The van der Waals surface area contributed by atoms with Crippen LogP contribution in [0.1, 0.15) is 25.7 Å². The van der Waals surface area contributed by atoms with Gasteiger partial charge in [0.25, 0.3) is 0 Å². The molecular formula is C14H26N2O2.